The molecule has 0 saturated carbocycles. The summed E-state index contributed by atoms with van der Waals surface area (Å²) in [6.45, 7) is 3.57. The van der Waals surface area contributed by atoms with Crippen LogP contribution in [0.1, 0.15) is 31.0 Å². The van der Waals surface area contributed by atoms with E-state index in [1.807, 2.05) is 0 Å². The quantitative estimate of drug-likeness (QED) is 0.761. The lowest BCUT2D eigenvalue weighted by Gasteiger charge is -2.13. The molecule has 0 unspecified atom stereocenters. The van der Waals surface area contributed by atoms with Crippen LogP contribution >= 0.6 is 0 Å². The first-order valence-electron chi connectivity index (χ1n) is 4.47. The number of ether oxygens (including phenoxy) is 1. The van der Waals surface area contributed by atoms with Gasteiger partial charge in [0, 0.05) is 5.69 Å². The van der Waals surface area contributed by atoms with Crippen LogP contribution in [-0.2, 0) is 6.18 Å². The third-order valence-corrected chi connectivity index (χ3v) is 2.01. The first kappa shape index (κ1) is 11.8. The molecule has 0 saturated heterocycles. The fourth-order valence-corrected chi connectivity index (χ4v) is 1.16. The summed E-state index contributed by atoms with van der Waals surface area (Å²) >= 11 is 0. The molecule has 0 radical (unpaired) electrons. The Bertz CT molecular complexity index is 347. The number of pyridine rings is 1. The predicted molar refractivity (Wildman–Crippen MR) is 49.9 cm³/mol. The molecule has 1 rings (SSSR count). The van der Waals surface area contributed by atoms with Crippen molar-refractivity contribution in [3.05, 3.63) is 23.5 Å². The monoisotopic (exact) mass is 219 g/mol. The van der Waals surface area contributed by atoms with E-state index in [0.29, 0.717) is 5.69 Å². The normalized spacial score (nSPS) is 11.9. The van der Waals surface area contributed by atoms with E-state index in [1.54, 1.807) is 13.8 Å². The molecule has 1 heterocycles. The summed E-state index contributed by atoms with van der Waals surface area (Å²) < 4.78 is 42.3. The number of hydrogen-bond acceptors (Lipinski definition) is 2. The highest BCUT2D eigenvalue weighted by Crippen LogP contribution is 2.36. The van der Waals surface area contributed by atoms with Crippen molar-refractivity contribution < 1.29 is 17.9 Å². The average Bonchev–Trinajstić information content (AvgIpc) is 2.15. The van der Waals surface area contributed by atoms with Crippen LogP contribution in [-0.4, -0.2) is 12.1 Å². The average molecular weight is 219 g/mol. The maximum atomic E-state index is 12.6. The van der Waals surface area contributed by atoms with Crippen molar-refractivity contribution in [2.75, 3.05) is 7.11 Å². The molecule has 0 atom stereocenters. The fraction of sp³-hybridized carbons (Fsp3) is 0.500. The first-order valence-corrected chi connectivity index (χ1v) is 4.47. The van der Waals surface area contributed by atoms with E-state index in [0.717, 1.165) is 12.3 Å². The van der Waals surface area contributed by atoms with Crippen LogP contribution in [0.3, 0.4) is 0 Å². The van der Waals surface area contributed by atoms with Gasteiger partial charge in [-0.1, -0.05) is 13.8 Å². The molecule has 2 nitrogen and oxygen atoms in total. The van der Waals surface area contributed by atoms with Crippen molar-refractivity contribution in [1.82, 2.24) is 4.98 Å². The molecule has 0 aliphatic carbocycles. The van der Waals surface area contributed by atoms with Gasteiger partial charge in [-0.05, 0) is 12.0 Å². The second kappa shape index (κ2) is 4.08. The SMILES string of the molecule is COc1cnc(C(C)C)cc1C(F)(F)F. The number of alkyl halides is 3. The summed E-state index contributed by atoms with van der Waals surface area (Å²) in [6.07, 6.45) is -3.30. The molecule has 5 heteroatoms. The van der Waals surface area contributed by atoms with Crippen LogP contribution in [0.2, 0.25) is 0 Å². The maximum Gasteiger partial charge on any atom is 0.420 e. The molecule has 0 aliphatic rings. The van der Waals surface area contributed by atoms with Crippen LogP contribution < -0.4 is 4.74 Å². The van der Waals surface area contributed by atoms with Gasteiger partial charge in [-0.2, -0.15) is 13.2 Å². The highest BCUT2D eigenvalue weighted by molar-refractivity contribution is 5.35. The number of halogens is 3. The zero-order chi connectivity index (χ0) is 11.6. The lowest BCUT2D eigenvalue weighted by atomic mass is 10.1. The summed E-state index contributed by atoms with van der Waals surface area (Å²) in [4.78, 5) is 3.90. The van der Waals surface area contributed by atoms with Crippen LogP contribution in [0.5, 0.6) is 5.75 Å². The molecule has 0 N–H and O–H groups in total. The largest absolute Gasteiger partial charge is 0.495 e. The minimum atomic E-state index is -4.40. The molecular weight excluding hydrogens is 207 g/mol. The molecular formula is C10H12F3NO. The van der Waals surface area contributed by atoms with E-state index < -0.39 is 11.7 Å². The summed E-state index contributed by atoms with van der Waals surface area (Å²) in [7, 11) is 1.20. The first-order chi connectivity index (χ1) is 6.86. The fourth-order valence-electron chi connectivity index (χ4n) is 1.16. The van der Waals surface area contributed by atoms with Gasteiger partial charge in [-0.15, -0.1) is 0 Å². The Morgan fingerprint density at radius 2 is 1.93 bits per heavy atom. The number of nitrogens with zero attached hydrogens (tertiary/aromatic N) is 1. The third kappa shape index (κ3) is 2.61. The highest BCUT2D eigenvalue weighted by atomic mass is 19.4. The van der Waals surface area contributed by atoms with E-state index >= 15 is 0 Å². The number of hydrogen-bond donors (Lipinski definition) is 0. The van der Waals surface area contributed by atoms with Gasteiger partial charge in [0.05, 0.1) is 13.3 Å². The Morgan fingerprint density at radius 1 is 1.33 bits per heavy atom. The van der Waals surface area contributed by atoms with E-state index in [4.69, 9.17) is 0 Å². The summed E-state index contributed by atoms with van der Waals surface area (Å²) in [5, 5.41) is 0. The van der Waals surface area contributed by atoms with E-state index in [-0.39, 0.29) is 11.7 Å². The molecule has 15 heavy (non-hydrogen) atoms. The predicted octanol–water partition coefficient (Wildman–Crippen LogP) is 3.23. The zero-order valence-electron chi connectivity index (χ0n) is 8.72. The lowest BCUT2D eigenvalue weighted by molar-refractivity contribution is -0.138. The molecule has 0 amide bonds. The van der Waals surface area contributed by atoms with Gasteiger partial charge >= 0.3 is 6.18 Å². The molecule has 0 aromatic carbocycles. The Morgan fingerprint density at radius 3 is 2.33 bits per heavy atom. The molecule has 0 aliphatic heterocycles. The second-order valence-electron chi connectivity index (χ2n) is 3.46. The van der Waals surface area contributed by atoms with E-state index in [2.05, 4.69) is 9.72 Å². The van der Waals surface area contributed by atoms with E-state index in [9.17, 15) is 13.2 Å². The Balaban J connectivity index is 3.26. The van der Waals surface area contributed by atoms with Crippen LogP contribution in [0, 0.1) is 0 Å². The minimum Gasteiger partial charge on any atom is -0.495 e. The van der Waals surface area contributed by atoms with E-state index in [1.165, 1.54) is 7.11 Å². The van der Waals surface area contributed by atoms with Crippen LogP contribution in [0.25, 0.3) is 0 Å². The van der Waals surface area contributed by atoms with Crippen molar-refractivity contribution in [3.63, 3.8) is 0 Å². The van der Waals surface area contributed by atoms with Gasteiger partial charge in [0.1, 0.15) is 11.3 Å². The van der Waals surface area contributed by atoms with Crippen molar-refractivity contribution in [1.29, 1.82) is 0 Å². The number of methoxy groups -OCH3 is 1. The van der Waals surface area contributed by atoms with Crippen molar-refractivity contribution in [2.24, 2.45) is 0 Å². The Kier molecular flexibility index (Phi) is 3.21. The minimum absolute atomic E-state index is 0.0444. The standard InChI is InChI=1S/C10H12F3NO/c1-6(2)8-4-7(10(11,12)13)9(15-3)5-14-8/h4-6H,1-3H3. The number of rotatable bonds is 2. The van der Waals surface area contributed by atoms with Crippen molar-refractivity contribution in [2.45, 2.75) is 25.9 Å². The van der Waals surface area contributed by atoms with Gasteiger partial charge in [-0.25, -0.2) is 0 Å². The van der Waals surface area contributed by atoms with Crippen LogP contribution in [0.4, 0.5) is 13.2 Å². The van der Waals surface area contributed by atoms with Gasteiger partial charge in [0.25, 0.3) is 0 Å². The van der Waals surface area contributed by atoms with Gasteiger partial charge < -0.3 is 4.74 Å². The smallest absolute Gasteiger partial charge is 0.420 e. The molecule has 1 aromatic heterocycles. The second-order valence-corrected chi connectivity index (χ2v) is 3.46. The molecule has 84 valence electrons. The highest BCUT2D eigenvalue weighted by Gasteiger charge is 2.35. The summed E-state index contributed by atoms with van der Waals surface area (Å²) in [5.41, 5.74) is -0.369. The Hall–Kier alpha value is -1.26. The topological polar surface area (TPSA) is 22.1 Å². The summed E-state index contributed by atoms with van der Waals surface area (Å²) in [6, 6.07) is 1.03. The number of aromatic nitrogens is 1. The summed E-state index contributed by atoms with van der Waals surface area (Å²) in [5.74, 6) is -0.288. The molecule has 1 aromatic rings. The molecule has 0 spiro atoms. The molecule has 0 bridgehead atoms. The van der Waals surface area contributed by atoms with Gasteiger partial charge in [0.15, 0.2) is 0 Å². The molecule has 0 fully saturated rings. The Labute approximate surface area is 86.1 Å². The van der Waals surface area contributed by atoms with Gasteiger partial charge in [-0.3, -0.25) is 4.98 Å². The van der Waals surface area contributed by atoms with Crippen LogP contribution in [0.15, 0.2) is 12.3 Å². The van der Waals surface area contributed by atoms with Gasteiger partial charge in [0.2, 0.25) is 0 Å². The lowest BCUT2D eigenvalue weighted by Crippen LogP contribution is -2.09. The third-order valence-electron chi connectivity index (χ3n) is 2.01. The maximum absolute atomic E-state index is 12.6. The van der Waals surface area contributed by atoms with Crippen molar-refractivity contribution in [3.8, 4) is 5.75 Å². The zero-order valence-corrected chi connectivity index (χ0v) is 8.72. The van der Waals surface area contributed by atoms with Crippen molar-refractivity contribution >= 4 is 0 Å².